The van der Waals surface area contributed by atoms with Crippen molar-refractivity contribution in [2.45, 2.75) is 12.7 Å². The van der Waals surface area contributed by atoms with Crippen LogP contribution in [0, 0.1) is 0 Å². The molecular weight excluding hydrogens is 495 g/mol. The normalized spacial score (nSPS) is 20.5. The van der Waals surface area contributed by atoms with Gasteiger partial charge in [0.05, 0.1) is 23.8 Å². The highest BCUT2D eigenvalue weighted by Gasteiger charge is 2.35. The number of phenolic OH excluding ortho intramolecular Hbond substituents is 1. The van der Waals surface area contributed by atoms with Crippen LogP contribution >= 0.6 is 0 Å². The van der Waals surface area contributed by atoms with Crippen LogP contribution in [0.25, 0.3) is 17.0 Å². The SMILES string of the molecule is CN1CCN(C2=NC(=O)C(=Cc3ccc4c(cnn4Cc4ccc(O)cc4C(F)(F)F)c3)S2=O)CC1. The summed E-state index contributed by atoms with van der Waals surface area (Å²) in [5, 5.41) is 14.6. The van der Waals surface area contributed by atoms with Crippen molar-refractivity contribution in [3.05, 3.63) is 64.2 Å². The Morgan fingerprint density at radius 3 is 2.58 bits per heavy atom. The molecule has 1 N–H and O–H groups in total. The maximum absolute atomic E-state index is 13.4. The third kappa shape index (κ3) is 4.65. The number of phenols is 1. The summed E-state index contributed by atoms with van der Waals surface area (Å²) in [6, 6.07) is 8.23. The lowest BCUT2D eigenvalue weighted by Crippen LogP contribution is -2.47. The number of halogens is 3. The molecule has 1 aromatic heterocycles. The van der Waals surface area contributed by atoms with Crippen molar-refractivity contribution in [2.24, 2.45) is 4.99 Å². The number of aromatic nitrogens is 2. The summed E-state index contributed by atoms with van der Waals surface area (Å²) in [5.41, 5.74) is 0.240. The number of fused-ring (bicyclic) bond motifs is 1. The van der Waals surface area contributed by atoms with E-state index in [0.717, 1.165) is 13.1 Å². The number of benzene rings is 2. The van der Waals surface area contributed by atoms with Gasteiger partial charge in [0.2, 0.25) is 5.17 Å². The van der Waals surface area contributed by atoms with Crippen LogP contribution in [0.15, 0.2) is 52.5 Å². The Labute approximate surface area is 206 Å². The Balaban J connectivity index is 1.39. The lowest BCUT2D eigenvalue weighted by Gasteiger charge is -2.32. The number of amidine groups is 1. The van der Waals surface area contributed by atoms with Crippen LogP contribution in [0.1, 0.15) is 16.7 Å². The zero-order chi connectivity index (χ0) is 25.6. The summed E-state index contributed by atoms with van der Waals surface area (Å²) in [7, 11) is 0.315. The molecule has 3 aromatic rings. The second-order valence-corrected chi connectivity index (χ2v) is 10.1. The van der Waals surface area contributed by atoms with E-state index in [1.165, 1.54) is 29.1 Å². The van der Waals surface area contributed by atoms with Gasteiger partial charge < -0.3 is 14.9 Å². The first-order valence-electron chi connectivity index (χ1n) is 11.1. The molecule has 0 saturated carbocycles. The fourth-order valence-corrected chi connectivity index (χ4v) is 5.49. The third-order valence-corrected chi connectivity index (χ3v) is 7.60. The number of nitrogens with zero attached hydrogens (tertiary/aromatic N) is 5. The van der Waals surface area contributed by atoms with E-state index in [9.17, 15) is 27.3 Å². The predicted molar refractivity (Wildman–Crippen MR) is 130 cm³/mol. The van der Waals surface area contributed by atoms with Gasteiger partial charge in [-0.3, -0.25) is 9.48 Å². The number of aliphatic imine (C=N–C) groups is 1. The molecular formula is C24H22F3N5O3S. The number of aromatic hydroxyl groups is 1. The van der Waals surface area contributed by atoms with Gasteiger partial charge in [-0.25, -0.2) is 4.21 Å². The van der Waals surface area contributed by atoms with Gasteiger partial charge in [-0.2, -0.15) is 23.3 Å². The van der Waals surface area contributed by atoms with Gasteiger partial charge in [-0.05, 0) is 48.5 Å². The number of alkyl halides is 3. The second kappa shape index (κ2) is 9.17. The maximum atomic E-state index is 13.4. The van der Waals surface area contributed by atoms with Crippen molar-refractivity contribution in [1.82, 2.24) is 19.6 Å². The van der Waals surface area contributed by atoms with Gasteiger partial charge in [-0.1, -0.05) is 12.1 Å². The number of hydrogen-bond acceptors (Lipinski definition) is 6. The minimum Gasteiger partial charge on any atom is -0.508 e. The van der Waals surface area contributed by atoms with Crippen LogP contribution in [-0.2, 0) is 28.3 Å². The van der Waals surface area contributed by atoms with E-state index < -0.39 is 34.2 Å². The van der Waals surface area contributed by atoms with Gasteiger partial charge >= 0.3 is 6.18 Å². The summed E-state index contributed by atoms with van der Waals surface area (Å²) in [6.07, 6.45) is -1.57. The Morgan fingerprint density at radius 1 is 1.11 bits per heavy atom. The fraction of sp³-hybridized carbons (Fsp3) is 0.292. The molecule has 2 aliphatic heterocycles. The minimum absolute atomic E-state index is 0.0305. The quantitative estimate of drug-likeness (QED) is 0.538. The molecule has 0 spiro atoms. The van der Waals surface area contributed by atoms with E-state index >= 15 is 0 Å². The first-order valence-corrected chi connectivity index (χ1v) is 12.3. The number of rotatable bonds is 3. The zero-order valence-corrected chi connectivity index (χ0v) is 20.0. The Bertz CT molecular complexity index is 1440. The standard InChI is InChI=1S/C24H22F3N5O3S/c1-30-6-8-31(9-7-30)23-29-22(34)21(36(23)35)11-15-2-5-20-17(10-15)13-28-32(20)14-16-3-4-18(33)12-19(16)24(25,26)27/h2-5,10-13,33H,6-9,14H2,1H3. The Morgan fingerprint density at radius 2 is 1.86 bits per heavy atom. The number of carbonyl (C=O) groups is 1. The van der Waals surface area contributed by atoms with Crippen molar-refractivity contribution in [1.29, 1.82) is 0 Å². The first kappa shape index (κ1) is 24.2. The van der Waals surface area contributed by atoms with Crippen LogP contribution in [0.2, 0.25) is 0 Å². The molecule has 36 heavy (non-hydrogen) atoms. The van der Waals surface area contributed by atoms with Crippen LogP contribution in [0.4, 0.5) is 13.2 Å². The highest BCUT2D eigenvalue weighted by molar-refractivity contribution is 8.05. The minimum atomic E-state index is -4.62. The molecule has 188 valence electrons. The largest absolute Gasteiger partial charge is 0.508 e. The van der Waals surface area contributed by atoms with Gasteiger partial charge in [0.25, 0.3) is 5.91 Å². The molecule has 1 amide bonds. The van der Waals surface area contributed by atoms with Gasteiger partial charge in [0.15, 0.2) is 0 Å². The van der Waals surface area contributed by atoms with E-state index in [-0.39, 0.29) is 22.2 Å². The van der Waals surface area contributed by atoms with E-state index in [4.69, 9.17) is 0 Å². The molecule has 0 bridgehead atoms. The predicted octanol–water partition coefficient (Wildman–Crippen LogP) is 3.04. The van der Waals surface area contributed by atoms with Crippen LogP contribution < -0.4 is 0 Å². The van der Waals surface area contributed by atoms with Crippen molar-refractivity contribution >= 4 is 38.9 Å². The summed E-state index contributed by atoms with van der Waals surface area (Å²) in [4.78, 5) is 20.7. The zero-order valence-electron chi connectivity index (χ0n) is 19.2. The molecule has 0 aliphatic carbocycles. The molecule has 8 nitrogen and oxygen atoms in total. The topological polar surface area (TPSA) is 91.0 Å². The molecule has 1 unspecified atom stereocenters. The lowest BCUT2D eigenvalue weighted by atomic mass is 10.1. The Hall–Kier alpha value is -3.51. The van der Waals surface area contributed by atoms with Crippen molar-refractivity contribution < 1.29 is 27.3 Å². The monoisotopic (exact) mass is 517 g/mol. The molecule has 12 heteroatoms. The Kier molecular flexibility index (Phi) is 6.17. The summed E-state index contributed by atoms with van der Waals surface area (Å²) in [5.74, 6) is -1.00. The van der Waals surface area contributed by atoms with Crippen LogP contribution in [0.5, 0.6) is 5.75 Å². The molecule has 1 fully saturated rings. The molecule has 1 saturated heterocycles. The summed E-state index contributed by atoms with van der Waals surface area (Å²) < 4.78 is 54.7. The van der Waals surface area contributed by atoms with E-state index in [0.29, 0.717) is 35.6 Å². The molecule has 5 rings (SSSR count). The van der Waals surface area contributed by atoms with E-state index in [1.54, 1.807) is 18.2 Å². The van der Waals surface area contributed by atoms with Gasteiger partial charge in [-0.15, -0.1) is 0 Å². The van der Waals surface area contributed by atoms with Crippen LogP contribution in [-0.4, -0.2) is 73.2 Å². The van der Waals surface area contributed by atoms with E-state index in [2.05, 4.69) is 15.0 Å². The molecule has 3 heterocycles. The average Bonchev–Trinajstić information content (AvgIpc) is 3.35. The highest BCUT2D eigenvalue weighted by Crippen LogP contribution is 2.35. The highest BCUT2D eigenvalue weighted by atomic mass is 32.2. The second-order valence-electron chi connectivity index (χ2n) is 8.73. The van der Waals surface area contributed by atoms with Gasteiger partial charge in [0.1, 0.15) is 21.5 Å². The number of amides is 1. The summed E-state index contributed by atoms with van der Waals surface area (Å²) in [6.45, 7) is 2.72. The number of piperazine rings is 1. The number of likely N-dealkylation sites (N-methyl/N-ethyl adjacent to an activating group) is 1. The molecule has 0 radical (unpaired) electrons. The number of carbonyl (C=O) groups excluding carboxylic acids is 1. The van der Waals surface area contributed by atoms with Crippen molar-refractivity contribution in [2.75, 3.05) is 33.2 Å². The lowest BCUT2D eigenvalue weighted by molar-refractivity contribution is -0.138. The van der Waals surface area contributed by atoms with Crippen molar-refractivity contribution in [3.8, 4) is 5.75 Å². The maximum Gasteiger partial charge on any atom is 0.416 e. The fourth-order valence-electron chi connectivity index (χ4n) is 4.26. The smallest absolute Gasteiger partial charge is 0.416 e. The number of hydrogen-bond donors (Lipinski definition) is 1. The first-order chi connectivity index (χ1) is 17.1. The van der Waals surface area contributed by atoms with E-state index in [1.807, 2.05) is 11.9 Å². The van der Waals surface area contributed by atoms with Crippen molar-refractivity contribution in [3.63, 3.8) is 0 Å². The third-order valence-electron chi connectivity index (χ3n) is 6.23. The summed E-state index contributed by atoms with van der Waals surface area (Å²) >= 11 is 0. The average molecular weight is 518 g/mol. The molecule has 2 aliphatic rings. The van der Waals surface area contributed by atoms with Crippen LogP contribution in [0.3, 0.4) is 0 Å². The molecule has 2 aromatic carbocycles. The molecule has 1 atom stereocenters. The van der Waals surface area contributed by atoms with Gasteiger partial charge in [0, 0.05) is 31.6 Å².